The van der Waals surface area contributed by atoms with E-state index in [-0.39, 0.29) is 0 Å². The third-order valence-corrected chi connectivity index (χ3v) is 4.91. The number of piperidine rings is 1. The van der Waals surface area contributed by atoms with Crippen molar-refractivity contribution in [1.82, 2.24) is 4.31 Å². The Kier molecular flexibility index (Phi) is 4.88. The smallest absolute Gasteiger partial charge is 0.211 e. The molecule has 1 unspecified atom stereocenters. The first-order valence-corrected chi connectivity index (χ1v) is 8.67. The molecule has 1 aliphatic heterocycles. The van der Waals surface area contributed by atoms with Gasteiger partial charge >= 0.3 is 0 Å². The van der Waals surface area contributed by atoms with Crippen molar-refractivity contribution < 1.29 is 13.2 Å². The van der Waals surface area contributed by atoms with Gasteiger partial charge in [-0.05, 0) is 43.0 Å². The molecular formula is C14H22N2O3S. The molecule has 0 aromatic heterocycles. The summed E-state index contributed by atoms with van der Waals surface area (Å²) in [5.41, 5.74) is 1.03. The van der Waals surface area contributed by atoms with Crippen molar-refractivity contribution >= 4 is 15.7 Å². The zero-order valence-electron chi connectivity index (χ0n) is 12.0. The number of ether oxygens (including phenoxy) is 1. The monoisotopic (exact) mass is 298 g/mol. The molecule has 0 radical (unpaired) electrons. The third kappa shape index (κ3) is 4.11. The fourth-order valence-corrected chi connectivity index (χ4v) is 3.41. The molecule has 1 aromatic rings. The van der Waals surface area contributed by atoms with Crippen LogP contribution in [0.5, 0.6) is 5.75 Å². The second kappa shape index (κ2) is 6.45. The Balaban J connectivity index is 1.87. The van der Waals surface area contributed by atoms with Crippen molar-refractivity contribution in [1.29, 1.82) is 0 Å². The summed E-state index contributed by atoms with van der Waals surface area (Å²) in [6, 6.07) is 7.75. The first-order valence-electron chi connectivity index (χ1n) is 6.82. The van der Waals surface area contributed by atoms with Crippen molar-refractivity contribution in [2.24, 2.45) is 5.92 Å². The molecule has 1 aliphatic rings. The lowest BCUT2D eigenvalue weighted by Crippen LogP contribution is -2.41. The zero-order chi connectivity index (χ0) is 14.6. The topological polar surface area (TPSA) is 58.6 Å². The average Bonchev–Trinajstić information content (AvgIpc) is 2.45. The van der Waals surface area contributed by atoms with Gasteiger partial charge in [0.05, 0.1) is 13.4 Å². The van der Waals surface area contributed by atoms with Gasteiger partial charge in [0.2, 0.25) is 10.0 Å². The normalized spacial score (nSPS) is 20.6. The molecule has 0 bridgehead atoms. The Morgan fingerprint density at radius 3 is 2.65 bits per heavy atom. The quantitative estimate of drug-likeness (QED) is 0.900. The second-order valence-corrected chi connectivity index (χ2v) is 7.22. The molecule has 1 aromatic carbocycles. The lowest BCUT2D eigenvalue weighted by atomic mass is 9.99. The molecular weight excluding hydrogens is 276 g/mol. The van der Waals surface area contributed by atoms with Crippen LogP contribution in [-0.4, -0.2) is 45.7 Å². The largest absolute Gasteiger partial charge is 0.497 e. The number of hydrogen-bond acceptors (Lipinski definition) is 4. The molecule has 5 nitrogen and oxygen atoms in total. The molecule has 0 aliphatic carbocycles. The first-order chi connectivity index (χ1) is 9.49. The number of rotatable bonds is 5. The maximum absolute atomic E-state index is 11.6. The highest BCUT2D eigenvalue weighted by molar-refractivity contribution is 7.88. The Morgan fingerprint density at radius 2 is 2.05 bits per heavy atom. The van der Waals surface area contributed by atoms with Crippen LogP contribution in [0.3, 0.4) is 0 Å². The van der Waals surface area contributed by atoms with E-state index in [1.165, 1.54) is 6.26 Å². The minimum Gasteiger partial charge on any atom is -0.497 e. The van der Waals surface area contributed by atoms with Crippen molar-refractivity contribution in [2.75, 3.05) is 38.3 Å². The van der Waals surface area contributed by atoms with Crippen LogP contribution in [0.2, 0.25) is 0 Å². The maximum Gasteiger partial charge on any atom is 0.211 e. The number of methoxy groups -OCH3 is 1. The van der Waals surface area contributed by atoms with Crippen LogP contribution in [-0.2, 0) is 10.0 Å². The van der Waals surface area contributed by atoms with Crippen LogP contribution in [0.25, 0.3) is 0 Å². The van der Waals surface area contributed by atoms with Gasteiger partial charge in [0.25, 0.3) is 0 Å². The van der Waals surface area contributed by atoms with E-state index in [9.17, 15) is 8.42 Å². The molecule has 112 valence electrons. The third-order valence-electron chi connectivity index (χ3n) is 3.64. The SMILES string of the molecule is COc1ccc(NCC2CCCN(S(C)(=O)=O)C2)cc1. The van der Waals surface area contributed by atoms with Gasteiger partial charge < -0.3 is 10.1 Å². The van der Waals surface area contributed by atoms with Crippen LogP contribution < -0.4 is 10.1 Å². The van der Waals surface area contributed by atoms with E-state index in [0.717, 1.165) is 30.8 Å². The standard InChI is InChI=1S/C14H22N2O3S/c1-19-14-7-5-13(6-8-14)15-10-12-4-3-9-16(11-12)20(2,17)18/h5-8,12,15H,3-4,9-11H2,1-2H3. The van der Waals surface area contributed by atoms with Gasteiger partial charge in [0.15, 0.2) is 0 Å². The zero-order valence-corrected chi connectivity index (χ0v) is 12.8. The van der Waals surface area contributed by atoms with Crippen molar-refractivity contribution in [3.8, 4) is 5.75 Å². The van der Waals surface area contributed by atoms with E-state index in [1.54, 1.807) is 11.4 Å². The molecule has 1 N–H and O–H groups in total. The predicted octanol–water partition coefficient (Wildman–Crippen LogP) is 1.78. The maximum atomic E-state index is 11.6. The number of hydrogen-bond donors (Lipinski definition) is 1. The number of benzene rings is 1. The summed E-state index contributed by atoms with van der Waals surface area (Å²) < 4.78 is 29.8. The van der Waals surface area contributed by atoms with Crippen LogP contribution in [0, 0.1) is 5.92 Å². The number of anilines is 1. The summed E-state index contributed by atoms with van der Waals surface area (Å²) in [6.45, 7) is 2.05. The van der Waals surface area contributed by atoms with Gasteiger partial charge in [-0.1, -0.05) is 0 Å². The van der Waals surface area contributed by atoms with Crippen molar-refractivity contribution in [2.45, 2.75) is 12.8 Å². The van der Waals surface area contributed by atoms with Gasteiger partial charge in [-0.2, -0.15) is 0 Å². The first kappa shape index (κ1) is 15.1. The molecule has 0 spiro atoms. The number of sulfonamides is 1. The lowest BCUT2D eigenvalue weighted by Gasteiger charge is -2.31. The Labute approximate surface area is 121 Å². The summed E-state index contributed by atoms with van der Waals surface area (Å²) >= 11 is 0. The second-order valence-electron chi connectivity index (χ2n) is 5.24. The molecule has 2 rings (SSSR count). The molecule has 6 heteroatoms. The van der Waals surface area contributed by atoms with E-state index >= 15 is 0 Å². The molecule has 1 fully saturated rings. The minimum atomic E-state index is -3.06. The highest BCUT2D eigenvalue weighted by Crippen LogP contribution is 2.20. The van der Waals surface area contributed by atoms with Crippen LogP contribution in [0.1, 0.15) is 12.8 Å². The Hall–Kier alpha value is -1.27. The van der Waals surface area contributed by atoms with Gasteiger partial charge in [-0.3, -0.25) is 0 Å². The predicted molar refractivity (Wildman–Crippen MR) is 80.6 cm³/mol. The van der Waals surface area contributed by atoms with Gasteiger partial charge in [0.1, 0.15) is 5.75 Å². The van der Waals surface area contributed by atoms with E-state index in [1.807, 2.05) is 24.3 Å². The summed E-state index contributed by atoms with van der Waals surface area (Å²) in [5.74, 6) is 1.19. The van der Waals surface area contributed by atoms with Crippen molar-refractivity contribution in [3.05, 3.63) is 24.3 Å². The summed E-state index contributed by atoms with van der Waals surface area (Å²) in [7, 11) is -1.42. The molecule has 0 saturated carbocycles. The minimum absolute atomic E-state index is 0.362. The summed E-state index contributed by atoms with van der Waals surface area (Å²) in [6.07, 6.45) is 3.28. The van der Waals surface area contributed by atoms with Gasteiger partial charge in [-0.25, -0.2) is 12.7 Å². The Bertz CT molecular complexity index is 528. The van der Waals surface area contributed by atoms with E-state index in [0.29, 0.717) is 19.0 Å². The molecule has 1 saturated heterocycles. The van der Waals surface area contributed by atoms with E-state index in [2.05, 4.69) is 5.32 Å². The van der Waals surface area contributed by atoms with E-state index < -0.39 is 10.0 Å². The number of nitrogens with zero attached hydrogens (tertiary/aromatic N) is 1. The highest BCUT2D eigenvalue weighted by Gasteiger charge is 2.25. The summed E-state index contributed by atoms with van der Waals surface area (Å²) in [5, 5.41) is 3.36. The van der Waals surface area contributed by atoms with Gasteiger partial charge in [-0.15, -0.1) is 0 Å². The molecule has 1 atom stereocenters. The van der Waals surface area contributed by atoms with Crippen LogP contribution in [0.4, 0.5) is 5.69 Å². The fraction of sp³-hybridized carbons (Fsp3) is 0.571. The Morgan fingerprint density at radius 1 is 1.35 bits per heavy atom. The van der Waals surface area contributed by atoms with Crippen LogP contribution in [0.15, 0.2) is 24.3 Å². The lowest BCUT2D eigenvalue weighted by molar-refractivity contribution is 0.277. The van der Waals surface area contributed by atoms with E-state index in [4.69, 9.17) is 4.74 Å². The van der Waals surface area contributed by atoms with Crippen molar-refractivity contribution in [3.63, 3.8) is 0 Å². The fourth-order valence-electron chi connectivity index (χ4n) is 2.47. The molecule has 1 heterocycles. The number of nitrogens with one attached hydrogen (secondary N) is 1. The highest BCUT2D eigenvalue weighted by atomic mass is 32.2. The van der Waals surface area contributed by atoms with Crippen LogP contribution >= 0.6 is 0 Å². The summed E-state index contributed by atoms with van der Waals surface area (Å²) in [4.78, 5) is 0. The average molecular weight is 298 g/mol. The molecule has 0 amide bonds. The molecule has 20 heavy (non-hydrogen) atoms. The van der Waals surface area contributed by atoms with Gasteiger partial charge in [0, 0.05) is 25.3 Å².